The highest BCUT2D eigenvalue weighted by molar-refractivity contribution is 7.92. The van der Waals surface area contributed by atoms with Crippen molar-refractivity contribution in [2.75, 3.05) is 10.5 Å². The van der Waals surface area contributed by atoms with Crippen LogP contribution in [0.25, 0.3) is 22.2 Å². The monoisotopic (exact) mass is 709 g/mol. The summed E-state index contributed by atoms with van der Waals surface area (Å²) in [5, 5.41) is 2.64. The Morgan fingerprint density at radius 2 is 1.84 bits per heavy atom. The molecule has 5 aromatic rings. The highest BCUT2D eigenvalue weighted by atomic mass is 32.2. The van der Waals surface area contributed by atoms with Gasteiger partial charge < -0.3 is 9.88 Å². The molecule has 1 atom stereocenters. The second-order valence-electron chi connectivity index (χ2n) is 12.6. The van der Waals surface area contributed by atoms with Crippen LogP contribution >= 0.6 is 0 Å². The molecule has 7 rings (SSSR count). The number of anilines is 1. The number of rotatable bonds is 10. The molecule has 2 aliphatic heterocycles. The molecule has 0 saturated carbocycles. The quantitative estimate of drug-likeness (QED) is 0.114. The summed E-state index contributed by atoms with van der Waals surface area (Å²) in [6, 6.07) is 15.9. The van der Waals surface area contributed by atoms with Gasteiger partial charge >= 0.3 is 0 Å². The van der Waals surface area contributed by atoms with Gasteiger partial charge in [-0.15, -0.1) is 0 Å². The van der Waals surface area contributed by atoms with E-state index in [1.165, 1.54) is 11.1 Å². The number of benzene rings is 3. The molecule has 1 unspecified atom stereocenters. The van der Waals surface area contributed by atoms with Gasteiger partial charge in [0.1, 0.15) is 17.5 Å². The van der Waals surface area contributed by atoms with Crippen molar-refractivity contribution in [1.29, 1.82) is 0 Å². The summed E-state index contributed by atoms with van der Waals surface area (Å²) in [4.78, 5) is 59.7. The Morgan fingerprint density at radius 1 is 1.06 bits per heavy atom. The average molecular weight is 710 g/mol. The van der Waals surface area contributed by atoms with E-state index in [0.29, 0.717) is 29.4 Å². The molecule has 11 nitrogen and oxygen atoms in total. The van der Waals surface area contributed by atoms with Crippen LogP contribution in [0, 0.1) is 11.6 Å². The van der Waals surface area contributed by atoms with E-state index in [1.807, 2.05) is 36.4 Å². The SMILES string of the molecule is CCCS(=O)(=O)Nc1ccc(F)c(C(=O)c2c[nH]c3ncc(-c4ccc(Bc5cccc6c5CN(C5CCC(=O)NC5=O)C6=O)cc4)cc23)c1F. The zero-order chi connectivity index (χ0) is 36.0. The van der Waals surface area contributed by atoms with E-state index in [0.717, 1.165) is 34.2 Å². The van der Waals surface area contributed by atoms with Crippen molar-refractivity contribution >= 4 is 68.5 Å². The molecule has 2 aliphatic rings. The standard InChI is InChI=1S/C36H30BF2N5O6S/c1-2-14-51(49,50)43-28-11-10-27(38)31(32(28)39)33(46)24-17-41-34-23(24)15-20(16-40-34)19-6-8-21(9-7-19)37-26-5-3-4-22-25(26)18-44(36(22)48)29-12-13-30(45)42-35(29)47/h3-11,15-17,29,37,43H,2,12-14,18H2,1H3,(H,40,41)(H,42,45,47). The molecule has 2 aromatic heterocycles. The van der Waals surface area contributed by atoms with Gasteiger partial charge in [0, 0.05) is 47.4 Å². The Morgan fingerprint density at radius 3 is 2.59 bits per heavy atom. The highest BCUT2D eigenvalue weighted by Gasteiger charge is 2.39. The molecular weight excluding hydrogens is 679 g/mol. The number of piperidine rings is 1. The number of hydrogen-bond acceptors (Lipinski definition) is 7. The maximum atomic E-state index is 15.5. The maximum Gasteiger partial charge on any atom is 0.255 e. The molecule has 15 heteroatoms. The molecule has 3 aromatic carbocycles. The van der Waals surface area contributed by atoms with Crippen molar-refractivity contribution in [2.24, 2.45) is 0 Å². The third-order valence-electron chi connectivity index (χ3n) is 9.19. The predicted octanol–water partition coefficient (Wildman–Crippen LogP) is 3.04. The predicted molar refractivity (Wildman–Crippen MR) is 188 cm³/mol. The van der Waals surface area contributed by atoms with Crippen molar-refractivity contribution in [2.45, 2.75) is 38.8 Å². The fourth-order valence-electron chi connectivity index (χ4n) is 6.66. The zero-order valence-electron chi connectivity index (χ0n) is 27.3. The molecule has 1 fully saturated rings. The number of carbonyl (C=O) groups excluding carboxylic acids is 4. The number of aromatic nitrogens is 2. The van der Waals surface area contributed by atoms with Crippen molar-refractivity contribution in [3.8, 4) is 11.1 Å². The minimum atomic E-state index is -3.90. The number of fused-ring (bicyclic) bond motifs is 2. The smallest absolute Gasteiger partial charge is 0.255 e. The van der Waals surface area contributed by atoms with Gasteiger partial charge in [-0.2, -0.15) is 0 Å². The molecule has 51 heavy (non-hydrogen) atoms. The normalized spacial score (nSPS) is 15.9. The van der Waals surface area contributed by atoms with E-state index in [-0.39, 0.29) is 48.9 Å². The highest BCUT2D eigenvalue weighted by Crippen LogP contribution is 2.30. The Balaban J connectivity index is 1.12. The first kappa shape index (κ1) is 33.8. The molecule has 0 radical (unpaired) electrons. The van der Waals surface area contributed by atoms with E-state index < -0.39 is 50.6 Å². The number of halogens is 2. The Kier molecular flexibility index (Phi) is 8.75. The average Bonchev–Trinajstić information content (AvgIpc) is 3.67. The molecule has 258 valence electrons. The Bertz CT molecular complexity index is 2380. The summed E-state index contributed by atoms with van der Waals surface area (Å²) in [6.07, 6.45) is 3.65. The molecule has 1 saturated heterocycles. The van der Waals surface area contributed by atoms with E-state index in [4.69, 9.17) is 0 Å². The van der Waals surface area contributed by atoms with Gasteiger partial charge in [0.15, 0.2) is 13.1 Å². The van der Waals surface area contributed by atoms with Crippen LogP contribution in [0.3, 0.4) is 0 Å². The number of nitrogens with one attached hydrogen (secondary N) is 3. The second kappa shape index (κ2) is 13.2. The number of nitrogens with zero attached hydrogens (tertiary/aromatic N) is 2. The lowest BCUT2D eigenvalue weighted by Crippen LogP contribution is -2.52. The third kappa shape index (κ3) is 6.40. The number of carbonyl (C=O) groups is 4. The first-order valence-electron chi connectivity index (χ1n) is 16.3. The fourth-order valence-corrected chi connectivity index (χ4v) is 7.79. The molecule has 4 heterocycles. The number of hydrogen-bond donors (Lipinski definition) is 3. The van der Waals surface area contributed by atoms with Gasteiger partial charge in [0.2, 0.25) is 27.6 Å². The van der Waals surface area contributed by atoms with E-state index in [9.17, 15) is 32.0 Å². The number of H-pyrrole nitrogens is 1. The number of aromatic amines is 1. The van der Waals surface area contributed by atoms with Crippen molar-refractivity contribution in [3.05, 3.63) is 107 Å². The number of pyridine rings is 1. The lowest BCUT2D eigenvalue weighted by Gasteiger charge is -2.29. The first-order chi connectivity index (χ1) is 24.4. The minimum absolute atomic E-state index is 0.0406. The summed E-state index contributed by atoms with van der Waals surface area (Å²) in [5.41, 5.74) is 3.52. The summed E-state index contributed by atoms with van der Waals surface area (Å²) >= 11 is 0. The van der Waals surface area contributed by atoms with Gasteiger partial charge in [0.25, 0.3) is 5.91 Å². The molecular formula is C36H30BF2N5O6S. The number of ketones is 1. The van der Waals surface area contributed by atoms with E-state index in [1.54, 1.807) is 25.3 Å². The largest absolute Gasteiger partial charge is 0.345 e. The number of amides is 3. The third-order valence-corrected chi connectivity index (χ3v) is 10.7. The fraction of sp³-hybridized carbons (Fsp3) is 0.194. The van der Waals surface area contributed by atoms with Crippen LogP contribution in [0.5, 0.6) is 0 Å². The molecule has 0 aliphatic carbocycles. The van der Waals surface area contributed by atoms with E-state index in [2.05, 4.69) is 20.0 Å². The summed E-state index contributed by atoms with van der Waals surface area (Å²) in [6.45, 7) is 1.91. The number of imide groups is 1. The molecule has 3 N–H and O–H groups in total. The van der Waals surface area contributed by atoms with Crippen molar-refractivity contribution in [1.82, 2.24) is 20.2 Å². The van der Waals surface area contributed by atoms with Gasteiger partial charge in [0.05, 0.1) is 17.0 Å². The lowest BCUT2D eigenvalue weighted by molar-refractivity contribution is -0.136. The summed E-state index contributed by atoms with van der Waals surface area (Å²) < 4.78 is 56.9. The Labute approximate surface area is 291 Å². The van der Waals surface area contributed by atoms with Crippen LogP contribution in [-0.2, 0) is 26.2 Å². The van der Waals surface area contributed by atoms with Crippen LogP contribution in [0.1, 0.15) is 58.0 Å². The minimum Gasteiger partial charge on any atom is -0.345 e. The van der Waals surface area contributed by atoms with E-state index >= 15 is 4.39 Å². The molecule has 0 spiro atoms. The summed E-state index contributed by atoms with van der Waals surface area (Å²) in [5.74, 6) is -4.75. The second-order valence-corrected chi connectivity index (χ2v) is 14.4. The first-order valence-corrected chi connectivity index (χ1v) is 17.9. The van der Waals surface area contributed by atoms with Crippen LogP contribution < -0.4 is 21.0 Å². The zero-order valence-corrected chi connectivity index (χ0v) is 28.1. The molecule has 3 amide bonds. The molecule has 0 bridgehead atoms. The van der Waals surface area contributed by atoms with Crippen LogP contribution in [0.15, 0.2) is 73.1 Å². The van der Waals surface area contributed by atoms with Crippen molar-refractivity contribution in [3.63, 3.8) is 0 Å². The van der Waals surface area contributed by atoms with Gasteiger partial charge in [-0.05, 0) is 48.2 Å². The van der Waals surface area contributed by atoms with Gasteiger partial charge in [-0.3, -0.25) is 29.2 Å². The van der Waals surface area contributed by atoms with Crippen LogP contribution in [0.4, 0.5) is 14.5 Å². The van der Waals surface area contributed by atoms with Crippen LogP contribution in [0.2, 0.25) is 0 Å². The van der Waals surface area contributed by atoms with Gasteiger partial charge in [-0.25, -0.2) is 22.2 Å². The van der Waals surface area contributed by atoms with Crippen molar-refractivity contribution < 1.29 is 36.4 Å². The Hall–Kier alpha value is -5.70. The number of sulfonamides is 1. The lowest BCUT2D eigenvalue weighted by atomic mass is 9.62. The summed E-state index contributed by atoms with van der Waals surface area (Å²) in [7, 11) is -3.39. The maximum absolute atomic E-state index is 15.5. The van der Waals surface area contributed by atoms with Gasteiger partial charge in [-0.1, -0.05) is 54.2 Å². The topological polar surface area (TPSA) is 158 Å². The van der Waals surface area contributed by atoms with Crippen LogP contribution in [-0.4, -0.2) is 65.9 Å².